The van der Waals surface area contributed by atoms with Crippen LogP contribution < -0.4 is 5.32 Å². The number of hydrogen-bond donors (Lipinski definition) is 1. The monoisotopic (exact) mass is 408 g/mol. The highest BCUT2D eigenvalue weighted by molar-refractivity contribution is 7.99. The van der Waals surface area contributed by atoms with Crippen LogP contribution in [0.4, 0.5) is 5.00 Å². The second-order valence-electron chi connectivity index (χ2n) is 7.07. The maximum absolute atomic E-state index is 12.7. The molecule has 0 aliphatic heterocycles. The number of esters is 1. The van der Waals surface area contributed by atoms with Gasteiger partial charge in [0.2, 0.25) is 5.91 Å². The van der Waals surface area contributed by atoms with Gasteiger partial charge >= 0.3 is 5.97 Å². The maximum atomic E-state index is 12.7. The van der Waals surface area contributed by atoms with Gasteiger partial charge in [-0.2, -0.15) is 0 Å². The molecule has 0 saturated carbocycles. The van der Waals surface area contributed by atoms with Crippen LogP contribution in [0.1, 0.15) is 48.0 Å². The third-order valence-electron chi connectivity index (χ3n) is 4.31. The first-order valence-corrected chi connectivity index (χ1v) is 10.8. The average Bonchev–Trinajstić information content (AvgIpc) is 3.14. The summed E-state index contributed by atoms with van der Waals surface area (Å²) in [6.45, 7) is 5.87. The topological polar surface area (TPSA) is 86.1 Å². The molecule has 27 heavy (non-hydrogen) atoms. The fraction of sp³-hybridized carbons (Fsp3) is 0.556. The van der Waals surface area contributed by atoms with E-state index in [4.69, 9.17) is 4.74 Å². The summed E-state index contributed by atoms with van der Waals surface area (Å²) in [5, 5.41) is 11.9. The van der Waals surface area contributed by atoms with E-state index in [1.54, 1.807) is 10.9 Å². The number of amides is 1. The van der Waals surface area contributed by atoms with Gasteiger partial charge in [-0.15, -0.1) is 21.5 Å². The number of rotatable bonds is 6. The summed E-state index contributed by atoms with van der Waals surface area (Å²) in [6.07, 6.45) is 4.21. The highest BCUT2D eigenvalue weighted by Crippen LogP contribution is 2.40. The number of hydrogen-bond acceptors (Lipinski definition) is 7. The number of carbonyl (C=O) groups excluding carboxylic acids is 2. The summed E-state index contributed by atoms with van der Waals surface area (Å²) in [5.74, 6) is 0.256. The first-order chi connectivity index (χ1) is 12.8. The first-order valence-electron chi connectivity index (χ1n) is 8.97. The minimum atomic E-state index is -0.353. The Kier molecular flexibility index (Phi) is 6.21. The minimum absolute atomic E-state index is 0.173. The molecule has 0 unspecified atom stereocenters. The molecule has 9 heteroatoms. The lowest BCUT2D eigenvalue weighted by atomic mass is 9.88. The van der Waals surface area contributed by atoms with Crippen LogP contribution in [0.2, 0.25) is 0 Å². The van der Waals surface area contributed by atoms with E-state index in [0.29, 0.717) is 21.6 Å². The second-order valence-corrected chi connectivity index (χ2v) is 9.12. The molecule has 0 spiro atoms. The molecule has 0 radical (unpaired) electrons. The average molecular weight is 409 g/mol. The maximum Gasteiger partial charge on any atom is 0.341 e. The molecule has 1 atom stereocenters. The molecule has 3 rings (SSSR count). The lowest BCUT2D eigenvalue weighted by molar-refractivity contribution is -0.113. The van der Waals surface area contributed by atoms with E-state index in [9.17, 15) is 9.59 Å². The number of nitrogens with one attached hydrogen (secondary N) is 1. The number of ether oxygens (including phenoxy) is 1. The highest BCUT2D eigenvalue weighted by atomic mass is 32.2. The van der Waals surface area contributed by atoms with E-state index >= 15 is 0 Å². The van der Waals surface area contributed by atoms with Gasteiger partial charge in [-0.1, -0.05) is 18.7 Å². The van der Waals surface area contributed by atoms with Gasteiger partial charge in [0.05, 0.1) is 17.4 Å². The lowest BCUT2D eigenvalue weighted by Gasteiger charge is -2.18. The summed E-state index contributed by atoms with van der Waals surface area (Å²) in [5.41, 5.74) is 1.58. The summed E-state index contributed by atoms with van der Waals surface area (Å²) >= 11 is 2.81. The fourth-order valence-corrected chi connectivity index (χ4v) is 5.13. The van der Waals surface area contributed by atoms with Crippen LogP contribution in [0, 0.1) is 5.92 Å². The zero-order valence-electron chi connectivity index (χ0n) is 15.9. The lowest BCUT2D eigenvalue weighted by Crippen LogP contribution is -2.19. The van der Waals surface area contributed by atoms with Crippen molar-refractivity contribution in [3.63, 3.8) is 0 Å². The molecule has 1 aliphatic carbocycles. The number of thioether (sulfide) groups is 1. The zero-order valence-corrected chi connectivity index (χ0v) is 17.6. The third-order valence-corrected chi connectivity index (χ3v) is 6.52. The Balaban J connectivity index is 1.78. The molecule has 1 aliphatic rings. The van der Waals surface area contributed by atoms with E-state index < -0.39 is 0 Å². The van der Waals surface area contributed by atoms with Crippen LogP contribution in [-0.4, -0.2) is 38.5 Å². The fourth-order valence-electron chi connectivity index (χ4n) is 3.02. The third kappa shape index (κ3) is 4.70. The molecule has 7 nitrogen and oxygen atoms in total. The Hall–Kier alpha value is -1.87. The Morgan fingerprint density at radius 3 is 2.93 bits per heavy atom. The molecule has 2 aromatic heterocycles. The van der Waals surface area contributed by atoms with E-state index in [2.05, 4.69) is 22.4 Å². The number of aromatic nitrogens is 3. The van der Waals surface area contributed by atoms with Crippen molar-refractivity contribution < 1.29 is 14.3 Å². The van der Waals surface area contributed by atoms with Crippen molar-refractivity contribution in [3.05, 3.63) is 22.3 Å². The smallest absolute Gasteiger partial charge is 0.341 e. The van der Waals surface area contributed by atoms with Crippen LogP contribution in [0.3, 0.4) is 0 Å². The van der Waals surface area contributed by atoms with Gasteiger partial charge in [0.1, 0.15) is 11.3 Å². The summed E-state index contributed by atoms with van der Waals surface area (Å²) in [6, 6.07) is 0. The van der Waals surface area contributed by atoms with Crippen LogP contribution in [0.5, 0.6) is 0 Å². The normalized spacial score (nSPS) is 16.3. The van der Waals surface area contributed by atoms with E-state index in [0.717, 1.165) is 24.8 Å². The molecule has 0 bridgehead atoms. The highest BCUT2D eigenvalue weighted by Gasteiger charge is 2.29. The molecule has 146 valence electrons. The number of nitrogens with zero attached hydrogens (tertiary/aromatic N) is 3. The number of aryl methyl sites for hydroxylation is 1. The SMILES string of the molecule is CC(C)OC(=O)c1c(NC(=O)CSc2nncn2C)sc2c1CC[C@@H](C)C2. The Morgan fingerprint density at radius 2 is 2.26 bits per heavy atom. The molecule has 2 aromatic rings. The minimum Gasteiger partial charge on any atom is -0.459 e. The van der Waals surface area contributed by atoms with Crippen LogP contribution >= 0.6 is 23.1 Å². The summed E-state index contributed by atoms with van der Waals surface area (Å²) < 4.78 is 7.19. The van der Waals surface area contributed by atoms with E-state index in [1.165, 1.54) is 28.0 Å². The molecule has 0 saturated heterocycles. The molecule has 1 amide bonds. The van der Waals surface area contributed by atoms with Gasteiger partial charge in [-0.3, -0.25) is 4.79 Å². The molecule has 1 N–H and O–H groups in total. The van der Waals surface area contributed by atoms with Crippen molar-refractivity contribution in [2.24, 2.45) is 13.0 Å². The molecule has 2 heterocycles. The van der Waals surface area contributed by atoms with Crippen LogP contribution in [-0.2, 0) is 29.4 Å². The predicted molar refractivity (Wildman–Crippen MR) is 106 cm³/mol. The standard InChI is InChI=1S/C18H24N4O3S2/c1-10(2)25-17(24)15-12-6-5-11(3)7-13(12)27-16(15)20-14(23)8-26-18-21-19-9-22(18)4/h9-11H,5-8H2,1-4H3,(H,20,23)/t11-/m1/s1. The van der Waals surface area contributed by atoms with E-state index in [1.807, 2.05) is 20.9 Å². The van der Waals surface area contributed by atoms with Crippen LogP contribution in [0.15, 0.2) is 11.5 Å². The Morgan fingerprint density at radius 1 is 1.48 bits per heavy atom. The van der Waals surface area contributed by atoms with Crippen molar-refractivity contribution >= 4 is 40.0 Å². The molecular formula is C18H24N4O3S2. The first kappa shape index (κ1) is 19.9. The number of fused-ring (bicyclic) bond motifs is 1. The van der Waals surface area contributed by atoms with Crippen molar-refractivity contribution in [3.8, 4) is 0 Å². The van der Waals surface area contributed by atoms with Crippen molar-refractivity contribution in [1.82, 2.24) is 14.8 Å². The summed E-state index contributed by atoms with van der Waals surface area (Å²) in [7, 11) is 1.83. The largest absolute Gasteiger partial charge is 0.459 e. The molecule has 0 aromatic carbocycles. The van der Waals surface area contributed by atoms with Gasteiger partial charge in [-0.25, -0.2) is 4.79 Å². The van der Waals surface area contributed by atoms with Gasteiger partial charge in [-0.05, 0) is 44.6 Å². The molecular weight excluding hydrogens is 384 g/mol. The number of thiophene rings is 1. The second kappa shape index (κ2) is 8.43. The Labute approximate surface area is 166 Å². The zero-order chi connectivity index (χ0) is 19.6. The van der Waals surface area contributed by atoms with Gasteiger partial charge in [0.15, 0.2) is 5.16 Å². The number of anilines is 1. The van der Waals surface area contributed by atoms with E-state index in [-0.39, 0.29) is 23.7 Å². The van der Waals surface area contributed by atoms with Crippen molar-refractivity contribution in [1.29, 1.82) is 0 Å². The van der Waals surface area contributed by atoms with Crippen molar-refractivity contribution in [2.45, 2.75) is 51.3 Å². The number of carbonyl (C=O) groups is 2. The Bertz CT molecular complexity index is 844. The van der Waals surface area contributed by atoms with Crippen molar-refractivity contribution in [2.75, 3.05) is 11.1 Å². The van der Waals surface area contributed by atoms with Gasteiger partial charge in [0.25, 0.3) is 0 Å². The molecule has 0 fully saturated rings. The van der Waals surface area contributed by atoms with Gasteiger partial charge < -0.3 is 14.6 Å². The summed E-state index contributed by atoms with van der Waals surface area (Å²) in [4.78, 5) is 26.3. The van der Waals surface area contributed by atoms with Crippen LogP contribution in [0.25, 0.3) is 0 Å². The predicted octanol–water partition coefficient (Wildman–Crippen LogP) is 3.30. The quantitative estimate of drug-likeness (QED) is 0.583. The van der Waals surface area contributed by atoms with Gasteiger partial charge in [0, 0.05) is 11.9 Å².